The van der Waals surface area contributed by atoms with Gasteiger partial charge in [-0.15, -0.1) is 0 Å². The number of nitriles is 1. The first-order valence-corrected chi connectivity index (χ1v) is 7.83. The van der Waals surface area contributed by atoms with Crippen molar-refractivity contribution in [1.82, 2.24) is 15.1 Å². The molecule has 0 unspecified atom stereocenters. The van der Waals surface area contributed by atoms with E-state index in [1.54, 1.807) is 6.07 Å². The molecule has 2 aliphatic heterocycles. The fraction of sp³-hybridized carbons (Fsp3) is 0.471. The second-order valence-electron chi connectivity index (χ2n) is 6.51. The average molecular weight is 312 g/mol. The standard InChI is InChI=1S/C17H20N4O2/c1-12(2)21-15(22)17(19-16(21)23)7-8-20(11-17)10-14-6-4-3-5-13(14)9-18/h3-6,12H,7-8,10-11H2,1-2H3,(H,19,23)/t17-/m1/s1. The first kappa shape index (κ1) is 15.5. The minimum absolute atomic E-state index is 0.131. The van der Waals surface area contributed by atoms with Crippen LogP contribution in [0.5, 0.6) is 0 Å². The Morgan fingerprint density at radius 3 is 2.74 bits per heavy atom. The summed E-state index contributed by atoms with van der Waals surface area (Å²) in [4.78, 5) is 28.2. The molecule has 1 spiro atoms. The molecule has 0 saturated carbocycles. The summed E-state index contributed by atoms with van der Waals surface area (Å²) in [6.45, 7) is 5.49. The fourth-order valence-electron chi connectivity index (χ4n) is 3.42. The van der Waals surface area contributed by atoms with Crippen LogP contribution < -0.4 is 5.32 Å². The monoisotopic (exact) mass is 312 g/mol. The van der Waals surface area contributed by atoms with Gasteiger partial charge in [0.15, 0.2) is 0 Å². The first-order chi connectivity index (χ1) is 11.0. The van der Waals surface area contributed by atoms with E-state index in [1.165, 1.54) is 4.90 Å². The van der Waals surface area contributed by atoms with E-state index in [0.717, 1.165) is 12.1 Å². The van der Waals surface area contributed by atoms with E-state index in [0.29, 0.717) is 25.1 Å². The summed E-state index contributed by atoms with van der Waals surface area (Å²) in [5, 5.41) is 12.1. The van der Waals surface area contributed by atoms with Crippen LogP contribution in [-0.4, -0.2) is 46.4 Å². The van der Waals surface area contributed by atoms with E-state index in [9.17, 15) is 14.9 Å². The topological polar surface area (TPSA) is 76.4 Å². The molecule has 0 bridgehead atoms. The Kier molecular flexibility index (Phi) is 3.82. The van der Waals surface area contributed by atoms with Crippen LogP contribution in [0.4, 0.5) is 4.79 Å². The summed E-state index contributed by atoms with van der Waals surface area (Å²) in [5.74, 6) is -0.131. The molecule has 23 heavy (non-hydrogen) atoms. The van der Waals surface area contributed by atoms with Crippen molar-refractivity contribution in [3.63, 3.8) is 0 Å². The van der Waals surface area contributed by atoms with Crippen LogP contribution in [0.15, 0.2) is 24.3 Å². The Morgan fingerprint density at radius 1 is 1.35 bits per heavy atom. The highest BCUT2D eigenvalue weighted by molar-refractivity contribution is 6.07. The van der Waals surface area contributed by atoms with Crippen molar-refractivity contribution >= 4 is 11.9 Å². The molecule has 1 aromatic rings. The minimum Gasteiger partial charge on any atom is -0.322 e. The highest BCUT2D eigenvalue weighted by atomic mass is 16.2. The van der Waals surface area contributed by atoms with Gasteiger partial charge in [0.05, 0.1) is 11.6 Å². The number of amides is 3. The van der Waals surface area contributed by atoms with Crippen molar-refractivity contribution in [2.24, 2.45) is 0 Å². The number of benzene rings is 1. The third-order valence-corrected chi connectivity index (χ3v) is 4.59. The van der Waals surface area contributed by atoms with Crippen LogP contribution in [0.25, 0.3) is 0 Å². The number of carbonyl (C=O) groups excluding carboxylic acids is 2. The summed E-state index contributed by atoms with van der Waals surface area (Å²) in [6, 6.07) is 9.23. The lowest BCUT2D eigenvalue weighted by atomic mass is 9.98. The number of hydrogen-bond acceptors (Lipinski definition) is 4. The van der Waals surface area contributed by atoms with Gasteiger partial charge in [-0.25, -0.2) is 4.79 Å². The van der Waals surface area contributed by atoms with Crippen LogP contribution in [0.3, 0.4) is 0 Å². The zero-order chi connectivity index (χ0) is 16.6. The first-order valence-electron chi connectivity index (χ1n) is 7.83. The SMILES string of the molecule is CC(C)N1C(=O)N[C@@]2(CCN(Cc3ccccc3C#N)C2)C1=O. The van der Waals surface area contributed by atoms with E-state index in [1.807, 2.05) is 32.0 Å². The van der Waals surface area contributed by atoms with Crippen molar-refractivity contribution < 1.29 is 9.59 Å². The average Bonchev–Trinajstić information content (AvgIpc) is 3.01. The molecule has 3 amide bonds. The lowest BCUT2D eigenvalue weighted by Gasteiger charge is -2.23. The molecule has 0 aliphatic carbocycles. The van der Waals surface area contributed by atoms with Crippen molar-refractivity contribution in [1.29, 1.82) is 5.26 Å². The van der Waals surface area contributed by atoms with E-state index in [2.05, 4.69) is 16.3 Å². The number of nitrogens with one attached hydrogen (secondary N) is 1. The molecule has 1 aromatic carbocycles. The predicted molar refractivity (Wildman–Crippen MR) is 84.3 cm³/mol. The van der Waals surface area contributed by atoms with Crippen molar-refractivity contribution in [3.05, 3.63) is 35.4 Å². The maximum Gasteiger partial charge on any atom is 0.325 e. The Morgan fingerprint density at radius 2 is 2.09 bits per heavy atom. The normalized spacial score (nSPS) is 24.5. The van der Waals surface area contributed by atoms with Gasteiger partial charge in [-0.2, -0.15) is 5.26 Å². The van der Waals surface area contributed by atoms with Crippen molar-refractivity contribution in [2.45, 2.75) is 38.4 Å². The summed E-state index contributed by atoms with van der Waals surface area (Å²) < 4.78 is 0. The summed E-state index contributed by atoms with van der Waals surface area (Å²) in [6.07, 6.45) is 0.607. The molecule has 3 rings (SSSR count). The Labute approximate surface area is 135 Å². The molecule has 6 heteroatoms. The summed E-state index contributed by atoms with van der Waals surface area (Å²) in [7, 11) is 0. The van der Waals surface area contributed by atoms with Crippen LogP contribution in [-0.2, 0) is 11.3 Å². The number of likely N-dealkylation sites (tertiary alicyclic amines) is 1. The second-order valence-corrected chi connectivity index (χ2v) is 6.51. The molecule has 1 atom stereocenters. The maximum atomic E-state index is 12.7. The molecule has 0 aromatic heterocycles. The number of urea groups is 1. The fourth-order valence-corrected chi connectivity index (χ4v) is 3.42. The zero-order valence-electron chi connectivity index (χ0n) is 13.4. The quantitative estimate of drug-likeness (QED) is 0.857. The molecular weight excluding hydrogens is 292 g/mol. The number of nitrogens with zero attached hydrogens (tertiary/aromatic N) is 3. The highest BCUT2D eigenvalue weighted by Gasteiger charge is 2.55. The minimum atomic E-state index is -0.803. The Balaban J connectivity index is 1.75. The predicted octanol–water partition coefficient (Wildman–Crippen LogP) is 1.46. The Hall–Kier alpha value is -2.39. The van der Waals surface area contributed by atoms with Gasteiger partial charge in [0.1, 0.15) is 5.54 Å². The van der Waals surface area contributed by atoms with Crippen LogP contribution in [0, 0.1) is 11.3 Å². The van der Waals surface area contributed by atoms with Crippen LogP contribution >= 0.6 is 0 Å². The zero-order valence-corrected chi connectivity index (χ0v) is 13.4. The molecule has 0 radical (unpaired) electrons. The maximum absolute atomic E-state index is 12.7. The largest absolute Gasteiger partial charge is 0.325 e. The lowest BCUT2D eigenvalue weighted by Crippen LogP contribution is -2.49. The third kappa shape index (κ3) is 2.57. The lowest BCUT2D eigenvalue weighted by molar-refractivity contribution is -0.132. The summed E-state index contributed by atoms with van der Waals surface area (Å²) >= 11 is 0. The molecular formula is C17H20N4O2. The van der Waals surface area contributed by atoms with Crippen LogP contribution in [0.2, 0.25) is 0 Å². The van der Waals surface area contributed by atoms with E-state index in [-0.39, 0.29) is 18.0 Å². The van der Waals surface area contributed by atoms with Gasteiger partial charge in [0.2, 0.25) is 0 Å². The molecule has 2 aliphatic rings. The second kappa shape index (κ2) is 5.67. The molecule has 1 N–H and O–H groups in total. The smallest absolute Gasteiger partial charge is 0.322 e. The van der Waals surface area contributed by atoms with Gasteiger partial charge < -0.3 is 5.32 Å². The molecule has 2 fully saturated rings. The molecule has 2 heterocycles. The van der Waals surface area contributed by atoms with Gasteiger partial charge in [-0.3, -0.25) is 14.6 Å². The molecule has 120 valence electrons. The third-order valence-electron chi connectivity index (χ3n) is 4.59. The number of carbonyl (C=O) groups is 2. The van der Waals surface area contributed by atoms with Gasteiger partial charge in [0, 0.05) is 25.7 Å². The van der Waals surface area contributed by atoms with Crippen molar-refractivity contribution in [2.75, 3.05) is 13.1 Å². The van der Waals surface area contributed by atoms with Gasteiger partial charge in [-0.1, -0.05) is 18.2 Å². The van der Waals surface area contributed by atoms with E-state index < -0.39 is 5.54 Å². The number of hydrogen-bond donors (Lipinski definition) is 1. The summed E-state index contributed by atoms with van der Waals surface area (Å²) in [5.41, 5.74) is 0.798. The van der Waals surface area contributed by atoms with Gasteiger partial charge >= 0.3 is 6.03 Å². The highest BCUT2D eigenvalue weighted by Crippen LogP contribution is 2.30. The van der Waals surface area contributed by atoms with Gasteiger partial charge in [-0.05, 0) is 31.9 Å². The molecule has 2 saturated heterocycles. The number of rotatable bonds is 3. The van der Waals surface area contributed by atoms with Gasteiger partial charge in [0.25, 0.3) is 5.91 Å². The number of imide groups is 1. The van der Waals surface area contributed by atoms with E-state index in [4.69, 9.17) is 0 Å². The molecule has 6 nitrogen and oxygen atoms in total. The van der Waals surface area contributed by atoms with Crippen LogP contribution in [0.1, 0.15) is 31.4 Å². The van der Waals surface area contributed by atoms with E-state index >= 15 is 0 Å². The Bertz CT molecular complexity index is 694. The van der Waals surface area contributed by atoms with Crippen molar-refractivity contribution in [3.8, 4) is 6.07 Å².